The van der Waals surface area contributed by atoms with E-state index in [4.69, 9.17) is 27.9 Å². The number of ether oxygens (including phenoxy) is 1. The van der Waals surface area contributed by atoms with Crippen LogP contribution in [0.15, 0.2) is 77.7 Å². The molecule has 3 aromatic carbocycles. The second-order valence-corrected chi connectivity index (χ2v) is 10.9. The van der Waals surface area contributed by atoms with E-state index in [-0.39, 0.29) is 17.5 Å². The van der Waals surface area contributed by atoms with Crippen molar-refractivity contribution in [2.75, 3.05) is 17.4 Å². The molecule has 0 radical (unpaired) electrons. The Morgan fingerprint density at radius 3 is 2.29 bits per heavy atom. The van der Waals surface area contributed by atoms with Crippen molar-refractivity contribution in [3.05, 3.63) is 88.4 Å². The van der Waals surface area contributed by atoms with Crippen LogP contribution >= 0.6 is 23.2 Å². The Kier molecular flexibility index (Phi) is 9.43. The molecular formula is C26H28Cl2N2O4S. The minimum atomic E-state index is -4.03. The summed E-state index contributed by atoms with van der Waals surface area (Å²) in [4.78, 5) is 12.7. The molecule has 35 heavy (non-hydrogen) atoms. The summed E-state index contributed by atoms with van der Waals surface area (Å²) in [5.41, 5.74) is 1.42. The van der Waals surface area contributed by atoms with Gasteiger partial charge in [0.15, 0.2) is 0 Å². The molecule has 0 unspecified atom stereocenters. The summed E-state index contributed by atoms with van der Waals surface area (Å²) in [7, 11) is -4.03. The first-order chi connectivity index (χ1) is 16.6. The first-order valence-electron chi connectivity index (χ1n) is 11.2. The van der Waals surface area contributed by atoms with Gasteiger partial charge in [0.2, 0.25) is 5.91 Å². The molecule has 0 saturated heterocycles. The van der Waals surface area contributed by atoms with E-state index in [1.807, 2.05) is 38.1 Å². The average Bonchev–Trinajstić information content (AvgIpc) is 2.81. The molecule has 0 spiro atoms. The average molecular weight is 535 g/mol. The van der Waals surface area contributed by atoms with Crippen LogP contribution in [0.3, 0.4) is 0 Å². The van der Waals surface area contributed by atoms with Crippen LogP contribution in [-0.2, 0) is 21.2 Å². The van der Waals surface area contributed by atoms with Gasteiger partial charge in [0, 0.05) is 16.6 Å². The number of carbonyl (C=O) groups excluding carboxylic acids is 1. The van der Waals surface area contributed by atoms with E-state index in [2.05, 4.69) is 5.32 Å². The number of nitrogens with zero attached hydrogens (tertiary/aromatic N) is 1. The Labute approximate surface area is 216 Å². The van der Waals surface area contributed by atoms with Crippen LogP contribution in [0, 0.1) is 0 Å². The Morgan fingerprint density at radius 1 is 0.971 bits per heavy atom. The summed E-state index contributed by atoms with van der Waals surface area (Å²) in [6.45, 7) is 3.98. The number of sulfonamides is 1. The molecule has 0 aliphatic carbocycles. The lowest BCUT2D eigenvalue weighted by atomic mass is 10.1. The topological polar surface area (TPSA) is 75.7 Å². The molecular weight excluding hydrogens is 507 g/mol. The van der Waals surface area contributed by atoms with Crippen LogP contribution in [0.4, 0.5) is 5.69 Å². The fourth-order valence-electron chi connectivity index (χ4n) is 3.39. The molecule has 9 heteroatoms. The number of benzene rings is 3. The minimum absolute atomic E-state index is 0.0274. The largest absolute Gasteiger partial charge is 0.491 e. The van der Waals surface area contributed by atoms with E-state index in [9.17, 15) is 13.2 Å². The van der Waals surface area contributed by atoms with E-state index < -0.39 is 15.9 Å². The molecule has 186 valence electrons. The number of hydrogen-bond acceptors (Lipinski definition) is 4. The molecule has 6 nitrogen and oxygen atoms in total. The van der Waals surface area contributed by atoms with Gasteiger partial charge in [0.25, 0.3) is 10.0 Å². The lowest BCUT2D eigenvalue weighted by molar-refractivity contribution is -0.119. The molecule has 0 aliphatic heterocycles. The van der Waals surface area contributed by atoms with Crippen molar-refractivity contribution in [3.63, 3.8) is 0 Å². The van der Waals surface area contributed by atoms with E-state index >= 15 is 0 Å². The first-order valence-corrected chi connectivity index (χ1v) is 13.4. The van der Waals surface area contributed by atoms with Crippen LogP contribution < -0.4 is 14.4 Å². The maximum absolute atomic E-state index is 13.3. The summed E-state index contributed by atoms with van der Waals surface area (Å²) >= 11 is 12.0. The fourth-order valence-corrected chi connectivity index (χ4v) is 5.12. The van der Waals surface area contributed by atoms with E-state index in [1.54, 1.807) is 18.2 Å². The van der Waals surface area contributed by atoms with Gasteiger partial charge in [-0.15, -0.1) is 0 Å². The zero-order valence-electron chi connectivity index (χ0n) is 19.6. The number of rotatable bonds is 11. The van der Waals surface area contributed by atoms with Gasteiger partial charge in [-0.25, -0.2) is 8.42 Å². The van der Waals surface area contributed by atoms with E-state index in [0.29, 0.717) is 28.7 Å². The Balaban J connectivity index is 1.63. The second kappa shape index (κ2) is 12.3. The number of anilines is 1. The Hall–Kier alpha value is -2.74. The van der Waals surface area contributed by atoms with Crippen molar-refractivity contribution >= 4 is 44.8 Å². The lowest BCUT2D eigenvalue weighted by Crippen LogP contribution is -2.41. The number of carbonyl (C=O) groups is 1. The highest BCUT2D eigenvalue weighted by Crippen LogP contribution is 2.26. The SMILES string of the molecule is CC(C)Oc1ccc(CCCNC(=O)CN(c2cccc(Cl)c2)S(=O)(=O)c2ccc(Cl)cc2)cc1. The van der Waals surface area contributed by atoms with Gasteiger partial charge in [-0.2, -0.15) is 0 Å². The smallest absolute Gasteiger partial charge is 0.264 e. The molecule has 0 fully saturated rings. The molecule has 3 aromatic rings. The molecule has 1 amide bonds. The number of hydrogen-bond donors (Lipinski definition) is 1. The molecule has 0 bridgehead atoms. The zero-order chi connectivity index (χ0) is 25.4. The van der Waals surface area contributed by atoms with Gasteiger partial charge in [-0.1, -0.05) is 41.4 Å². The van der Waals surface area contributed by atoms with Gasteiger partial charge in [-0.3, -0.25) is 9.10 Å². The molecule has 3 rings (SSSR count). The minimum Gasteiger partial charge on any atom is -0.491 e. The van der Waals surface area contributed by atoms with Crippen molar-refractivity contribution in [1.29, 1.82) is 0 Å². The Morgan fingerprint density at radius 2 is 1.66 bits per heavy atom. The summed E-state index contributed by atoms with van der Waals surface area (Å²) in [6.07, 6.45) is 1.59. The summed E-state index contributed by atoms with van der Waals surface area (Å²) in [5, 5.41) is 3.59. The predicted octanol–water partition coefficient (Wildman–Crippen LogP) is 5.72. The molecule has 1 N–H and O–H groups in total. The van der Waals surface area contributed by atoms with Crippen molar-refractivity contribution < 1.29 is 17.9 Å². The highest BCUT2D eigenvalue weighted by Gasteiger charge is 2.27. The van der Waals surface area contributed by atoms with Crippen molar-refractivity contribution in [2.45, 2.75) is 37.7 Å². The van der Waals surface area contributed by atoms with Crippen LogP contribution in [0.25, 0.3) is 0 Å². The molecule has 0 saturated carbocycles. The van der Waals surface area contributed by atoms with Crippen LogP contribution in [0.5, 0.6) is 5.75 Å². The summed E-state index contributed by atoms with van der Waals surface area (Å²) in [6, 6.07) is 20.0. The van der Waals surface area contributed by atoms with Crippen LogP contribution in [0.2, 0.25) is 10.0 Å². The third kappa shape index (κ3) is 7.88. The fraction of sp³-hybridized carbons (Fsp3) is 0.269. The van der Waals surface area contributed by atoms with Gasteiger partial charge in [0.05, 0.1) is 16.7 Å². The van der Waals surface area contributed by atoms with Gasteiger partial charge < -0.3 is 10.1 Å². The zero-order valence-corrected chi connectivity index (χ0v) is 21.9. The highest BCUT2D eigenvalue weighted by molar-refractivity contribution is 7.92. The third-order valence-corrected chi connectivity index (χ3v) is 7.32. The maximum Gasteiger partial charge on any atom is 0.264 e. The maximum atomic E-state index is 13.3. The molecule has 0 aliphatic rings. The van der Waals surface area contributed by atoms with Crippen LogP contribution in [0.1, 0.15) is 25.8 Å². The summed E-state index contributed by atoms with van der Waals surface area (Å²) in [5.74, 6) is 0.406. The van der Waals surface area contributed by atoms with E-state index in [0.717, 1.165) is 22.0 Å². The second-order valence-electron chi connectivity index (χ2n) is 8.21. The quantitative estimate of drug-likeness (QED) is 0.319. The number of aryl methyl sites for hydroxylation is 1. The van der Waals surface area contributed by atoms with Gasteiger partial charge in [-0.05, 0) is 86.8 Å². The first kappa shape index (κ1) is 26.9. The van der Waals surface area contributed by atoms with E-state index in [1.165, 1.54) is 30.3 Å². The highest BCUT2D eigenvalue weighted by atomic mass is 35.5. The van der Waals surface area contributed by atoms with Gasteiger partial charge in [0.1, 0.15) is 12.3 Å². The monoisotopic (exact) mass is 534 g/mol. The third-order valence-electron chi connectivity index (χ3n) is 5.04. The molecule has 0 heterocycles. The number of amides is 1. The lowest BCUT2D eigenvalue weighted by Gasteiger charge is -2.24. The normalized spacial score (nSPS) is 11.3. The van der Waals surface area contributed by atoms with Crippen molar-refractivity contribution in [2.24, 2.45) is 0 Å². The standard InChI is InChI=1S/C26H28Cl2N2O4S/c1-19(2)34-24-12-8-20(9-13-24)5-4-16-29-26(31)18-30(23-7-3-6-22(28)17-23)35(32,33)25-14-10-21(27)11-15-25/h3,6-15,17,19H,4-5,16,18H2,1-2H3,(H,29,31). The molecule has 0 aromatic heterocycles. The predicted molar refractivity (Wildman–Crippen MR) is 141 cm³/mol. The van der Waals surface area contributed by atoms with Crippen molar-refractivity contribution in [1.82, 2.24) is 5.32 Å². The molecule has 0 atom stereocenters. The Bertz CT molecular complexity index is 1230. The number of nitrogens with one attached hydrogen (secondary N) is 1. The summed E-state index contributed by atoms with van der Waals surface area (Å²) < 4.78 is 33.4. The van der Waals surface area contributed by atoms with Crippen molar-refractivity contribution in [3.8, 4) is 5.75 Å². The van der Waals surface area contributed by atoms with Gasteiger partial charge >= 0.3 is 0 Å². The number of halogens is 2. The van der Waals surface area contributed by atoms with Crippen LogP contribution in [-0.4, -0.2) is 33.5 Å².